The van der Waals surface area contributed by atoms with Gasteiger partial charge in [0.25, 0.3) is 0 Å². The zero-order valence-corrected chi connectivity index (χ0v) is 4.31. The molecule has 0 saturated carbocycles. The molecule has 0 rings (SSSR count). The summed E-state index contributed by atoms with van der Waals surface area (Å²) in [6, 6.07) is 0.259. The van der Waals surface area contributed by atoms with E-state index in [1.54, 1.807) is 0 Å². The predicted octanol–water partition coefficient (Wildman–Crippen LogP) is 0.317. The Labute approximate surface area is 45.9 Å². The highest BCUT2D eigenvalue weighted by molar-refractivity contribution is 4.63. The van der Waals surface area contributed by atoms with Gasteiger partial charge < -0.3 is 11.5 Å². The highest BCUT2D eigenvalue weighted by Crippen LogP contribution is 1.77. The number of nitrogens with two attached hydrogens (primary N) is 2. The second-order valence-electron chi connectivity index (χ2n) is 1.72. The number of rotatable bonds is 1. The molecule has 2 atom stereocenters. The summed E-state index contributed by atoms with van der Waals surface area (Å²) < 4.78 is 0. The molecule has 0 aliphatic heterocycles. The molecule has 2 unspecified atom stereocenters. The molecule has 0 saturated heterocycles. The SMILES string of the molecule is C.CC(N)C(C)N. The minimum atomic E-state index is 0. The first-order valence-electron chi connectivity index (χ1n) is 2.15. The fraction of sp³-hybridized carbons (Fsp3) is 1.00. The molecule has 0 aromatic heterocycles. The summed E-state index contributed by atoms with van der Waals surface area (Å²) in [7, 11) is 0. The summed E-state index contributed by atoms with van der Waals surface area (Å²) in [5.74, 6) is 0. The van der Waals surface area contributed by atoms with Crippen molar-refractivity contribution in [3.8, 4) is 0 Å². The van der Waals surface area contributed by atoms with Crippen LogP contribution in [0, 0.1) is 0 Å². The van der Waals surface area contributed by atoms with Gasteiger partial charge in [-0.15, -0.1) is 0 Å². The van der Waals surface area contributed by atoms with Crippen molar-refractivity contribution in [1.29, 1.82) is 0 Å². The van der Waals surface area contributed by atoms with Crippen LogP contribution in [0.15, 0.2) is 0 Å². The number of hydrogen-bond acceptors (Lipinski definition) is 2. The second kappa shape index (κ2) is 4.09. The molecule has 0 heterocycles. The summed E-state index contributed by atoms with van der Waals surface area (Å²) in [4.78, 5) is 0. The second-order valence-corrected chi connectivity index (χ2v) is 1.72. The lowest BCUT2D eigenvalue weighted by atomic mass is 10.2. The quantitative estimate of drug-likeness (QED) is 0.503. The molecule has 0 spiro atoms. The molecule has 0 amide bonds. The highest BCUT2D eigenvalue weighted by atomic mass is 14.7. The summed E-state index contributed by atoms with van der Waals surface area (Å²) in [6.07, 6.45) is 0. The van der Waals surface area contributed by atoms with Crippen LogP contribution >= 0.6 is 0 Å². The zero-order valence-electron chi connectivity index (χ0n) is 4.31. The minimum absolute atomic E-state index is 0. The topological polar surface area (TPSA) is 52.0 Å². The van der Waals surface area contributed by atoms with Crippen LogP contribution in [0.5, 0.6) is 0 Å². The molecule has 2 nitrogen and oxygen atoms in total. The molecule has 2 heteroatoms. The van der Waals surface area contributed by atoms with Crippen molar-refractivity contribution in [2.45, 2.75) is 33.4 Å². The number of hydrogen-bond donors (Lipinski definition) is 2. The van der Waals surface area contributed by atoms with E-state index in [0.29, 0.717) is 0 Å². The first kappa shape index (κ1) is 10.0. The van der Waals surface area contributed by atoms with Gasteiger partial charge in [-0.1, -0.05) is 7.43 Å². The zero-order chi connectivity index (χ0) is 5.15. The van der Waals surface area contributed by atoms with Crippen molar-refractivity contribution in [3.63, 3.8) is 0 Å². The Morgan fingerprint density at radius 2 is 1.14 bits per heavy atom. The van der Waals surface area contributed by atoms with Crippen LogP contribution in [0.25, 0.3) is 0 Å². The van der Waals surface area contributed by atoms with E-state index >= 15 is 0 Å². The van der Waals surface area contributed by atoms with Gasteiger partial charge in [-0.2, -0.15) is 0 Å². The molecular formula is C5H16N2. The Balaban J connectivity index is 0. The van der Waals surface area contributed by atoms with E-state index in [4.69, 9.17) is 11.5 Å². The van der Waals surface area contributed by atoms with Gasteiger partial charge in [0.2, 0.25) is 0 Å². The minimum Gasteiger partial charge on any atom is -0.327 e. The summed E-state index contributed by atoms with van der Waals surface area (Å²) >= 11 is 0. The maximum atomic E-state index is 5.31. The molecule has 46 valence electrons. The largest absolute Gasteiger partial charge is 0.327 e. The van der Waals surface area contributed by atoms with Crippen molar-refractivity contribution in [1.82, 2.24) is 0 Å². The molecule has 0 aliphatic carbocycles. The monoisotopic (exact) mass is 104 g/mol. The summed E-state index contributed by atoms with van der Waals surface area (Å²) in [5, 5.41) is 0. The smallest absolute Gasteiger partial charge is 0.0160 e. The van der Waals surface area contributed by atoms with Crippen LogP contribution in [-0.2, 0) is 0 Å². The van der Waals surface area contributed by atoms with Gasteiger partial charge in [-0.3, -0.25) is 0 Å². The molecule has 4 N–H and O–H groups in total. The van der Waals surface area contributed by atoms with Gasteiger partial charge in [-0.05, 0) is 13.8 Å². The van der Waals surface area contributed by atoms with Crippen LogP contribution in [0.2, 0.25) is 0 Å². The molecule has 7 heavy (non-hydrogen) atoms. The Bertz CT molecular complexity index is 27.1. The third-order valence-corrected chi connectivity index (χ3v) is 0.829. The van der Waals surface area contributed by atoms with Crippen LogP contribution in [-0.4, -0.2) is 12.1 Å². The lowest BCUT2D eigenvalue weighted by Crippen LogP contribution is -2.35. The first-order valence-corrected chi connectivity index (χ1v) is 2.15. The highest BCUT2D eigenvalue weighted by Gasteiger charge is 1.96. The summed E-state index contributed by atoms with van der Waals surface area (Å²) in [5.41, 5.74) is 10.6. The Morgan fingerprint density at radius 1 is 1.00 bits per heavy atom. The van der Waals surface area contributed by atoms with Gasteiger partial charge >= 0.3 is 0 Å². The molecule has 0 bridgehead atoms. The third kappa shape index (κ3) is 5.92. The van der Waals surface area contributed by atoms with Gasteiger partial charge in [0.1, 0.15) is 0 Å². The van der Waals surface area contributed by atoms with E-state index in [1.165, 1.54) is 0 Å². The van der Waals surface area contributed by atoms with Crippen molar-refractivity contribution in [3.05, 3.63) is 0 Å². The van der Waals surface area contributed by atoms with E-state index in [-0.39, 0.29) is 19.5 Å². The lowest BCUT2D eigenvalue weighted by Gasteiger charge is -2.06. The van der Waals surface area contributed by atoms with E-state index in [0.717, 1.165) is 0 Å². The Hall–Kier alpha value is -0.0800. The predicted molar refractivity (Wildman–Crippen MR) is 34.0 cm³/mol. The van der Waals surface area contributed by atoms with Crippen molar-refractivity contribution in [2.24, 2.45) is 11.5 Å². The fourth-order valence-corrected chi connectivity index (χ4v) is 0. The summed E-state index contributed by atoms with van der Waals surface area (Å²) in [6.45, 7) is 3.79. The van der Waals surface area contributed by atoms with Crippen molar-refractivity contribution >= 4 is 0 Å². The Kier molecular flexibility index (Phi) is 5.85. The van der Waals surface area contributed by atoms with Gasteiger partial charge in [0.05, 0.1) is 0 Å². The van der Waals surface area contributed by atoms with Crippen LogP contribution in [0.4, 0.5) is 0 Å². The van der Waals surface area contributed by atoms with Gasteiger partial charge in [0, 0.05) is 12.1 Å². The van der Waals surface area contributed by atoms with E-state index in [9.17, 15) is 0 Å². The maximum absolute atomic E-state index is 5.31. The average molecular weight is 104 g/mol. The van der Waals surface area contributed by atoms with Gasteiger partial charge in [-0.25, -0.2) is 0 Å². The molecular weight excluding hydrogens is 88.1 g/mol. The van der Waals surface area contributed by atoms with Crippen molar-refractivity contribution < 1.29 is 0 Å². The van der Waals surface area contributed by atoms with Crippen LogP contribution in [0.1, 0.15) is 21.3 Å². The molecule has 0 aliphatic rings. The molecule has 0 fully saturated rings. The lowest BCUT2D eigenvalue weighted by molar-refractivity contribution is 0.603. The standard InChI is InChI=1S/C4H12N2.CH4/c1-3(5)4(2)6;/h3-4H,5-6H2,1-2H3;1H4. The maximum Gasteiger partial charge on any atom is 0.0160 e. The van der Waals surface area contributed by atoms with E-state index in [2.05, 4.69) is 0 Å². The molecule has 0 aromatic carbocycles. The first-order chi connectivity index (χ1) is 2.64. The van der Waals surface area contributed by atoms with Crippen molar-refractivity contribution in [2.75, 3.05) is 0 Å². The van der Waals surface area contributed by atoms with E-state index in [1.807, 2.05) is 13.8 Å². The van der Waals surface area contributed by atoms with E-state index < -0.39 is 0 Å². The Morgan fingerprint density at radius 3 is 1.14 bits per heavy atom. The van der Waals surface area contributed by atoms with Crippen LogP contribution < -0.4 is 11.5 Å². The fourth-order valence-electron chi connectivity index (χ4n) is 0. The van der Waals surface area contributed by atoms with Gasteiger partial charge in [0.15, 0.2) is 0 Å². The average Bonchev–Trinajstić information content (AvgIpc) is 1.36. The van der Waals surface area contributed by atoms with Crippen LogP contribution in [0.3, 0.4) is 0 Å². The normalized spacial score (nSPS) is 17.1. The molecule has 0 aromatic rings. The molecule has 0 radical (unpaired) electrons. The third-order valence-electron chi connectivity index (χ3n) is 0.829.